The average molecular weight is 967 g/mol. The molecule has 19 nitrogen and oxygen atoms in total. The van der Waals surface area contributed by atoms with Crippen molar-refractivity contribution in [1.29, 1.82) is 0 Å². The van der Waals surface area contributed by atoms with Crippen LogP contribution in [0.5, 0.6) is 0 Å². The zero-order valence-electron chi connectivity index (χ0n) is 28.8. The van der Waals surface area contributed by atoms with E-state index in [1.54, 1.807) is 0 Å². The van der Waals surface area contributed by atoms with Crippen LogP contribution in [0.25, 0.3) is 21.5 Å². The molecule has 0 saturated carbocycles. The summed E-state index contributed by atoms with van der Waals surface area (Å²) < 4.78 is 136. The molecule has 308 valence electrons. The SMILES string of the molecule is O=C(Nc1ccc(C(=O)Nc2c(S(=O)(=O)O)cc(S(=O)(=O)O)c3ccccc23)cc1)Nc1ccc(C(=O)Nc2c(S(=O)(=O)O)cc(S(=O)(=O)O)c3ccccc23)cc1.[NaH].[NaH].[NaH].[NaH]. The Labute approximate surface area is 442 Å². The molecule has 0 aliphatic carbocycles. The number of fused-ring (bicyclic) bond motifs is 2. The number of amides is 4. The maximum absolute atomic E-state index is 13.2. The predicted octanol–water partition coefficient (Wildman–Crippen LogP) is 2.53. The molecule has 0 saturated heterocycles. The summed E-state index contributed by atoms with van der Waals surface area (Å²) in [4.78, 5) is 35.5. The normalized spacial score (nSPS) is 11.4. The first-order chi connectivity index (χ1) is 27.0. The van der Waals surface area contributed by atoms with Gasteiger partial charge in [-0.2, -0.15) is 33.7 Å². The van der Waals surface area contributed by atoms with Crippen LogP contribution in [-0.2, 0) is 40.5 Å². The first-order valence-corrected chi connectivity index (χ1v) is 21.7. The molecule has 0 bridgehead atoms. The molecule has 6 aromatic rings. The molecule has 8 N–H and O–H groups in total. The Morgan fingerprint density at radius 1 is 0.371 bits per heavy atom. The van der Waals surface area contributed by atoms with Gasteiger partial charge in [0.25, 0.3) is 52.3 Å². The van der Waals surface area contributed by atoms with Crippen LogP contribution in [-0.4, -0.2) is 188 Å². The zero-order valence-corrected chi connectivity index (χ0v) is 32.1. The molecule has 6 aromatic carbocycles. The predicted molar refractivity (Wildman–Crippen MR) is 237 cm³/mol. The number of nitrogens with one attached hydrogen (secondary N) is 4. The molecule has 0 atom stereocenters. The van der Waals surface area contributed by atoms with Crippen molar-refractivity contribution in [2.24, 2.45) is 0 Å². The van der Waals surface area contributed by atoms with Gasteiger partial charge in [0.1, 0.15) is 19.6 Å². The fourth-order valence-corrected chi connectivity index (χ4v) is 8.77. The van der Waals surface area contributed by atoms with Crippen LogP contribution in [0, 0.1) is 0 Å². The quantitative estimate of drug-likeness (QED) is 0.0723. The first kappa shape index (κ1) is 55.8. The second-order valence-corrected chi connectivity index (χ2v) is 17.7. The molecule has 27 heteroatoms. The summed E-state index contributed by atoms with van der Waals surface area (Å²) in [6.07, 6.45) is 0. The standard InChI is InChI=1S/C35H26N4O15S4.4Na.4H/c40-33(38-31-25-7-3-1-5-23(25)27(55(43,44)45)17-29(31)57(49,50)51)19-9-13-21(14-10-19)36-35(42)37-22-15-11-20(12-16-22)34(41)39-32-26-8-4-2-6-24(26)28(56(46,47)48)18-30(32)58(52,53)54;;;;;;;;/h1-18H,(H,38,40)(H,39,41)(H2,36,37,42)(H,43,44,45)(H,46,47,48)(H,49,50,51)(H,52,53,54);;;;;;;;. The molecule has 0 aromatic heterocycles. The second-order valence-electron chi connectivity index (χ2n) is 12.1. The molecule has 6 rings (SSSR count). The van der Waals surface area contributed by atoms with E-state index in [4.69, 9.17) is 0 Å². The van der Waals surface area contributed by atoms with Crippen molar-refractivity contribution in [2.45, 2.75) is 19.6 Å². The van der Waals surface area contributed by atoms with E-state index in [0.717, 1.165) is 0 Å². The fourth-order valence-electron chi connectivity index (χ4n) is 5.80. The molecule has 4 amide bonds. The van der Waals surface area contributed by atoms with Crippen LogP contribution in [0.1, 0.15) is 20.7 Å². The van der Waals surface area contributed by atoms with Crippen LogP contribution in [0.4, 0.5) is 27.5 Å². The number of carbonyl (C=O) groups excluding carboxylic acids is 3. The van der Waals surface area contributed by atoms with Crippen molar-refractivity contribution >= 4 is 221 Å². The molecule has 0 aliphatic rings. The number of rotatable bonds is 10. The van der Waals surface area contributed by atoms with E-state index in [2.05, 4.69) is 21.3 Å². The number of benzene rings is 6. The third kappa shape index (κ3) is 12.9. The van der Waals surface area contributed by atoms with Crippen molar-refractivity contribution < 1.29 is 66.3 Å². The number of anilines is 4. The van der Waals surface area contributed by atoms with Crippen LogP contribution in [0.2, 0.25) is 0 Å². The molecule has 0 aliphatic heterocycles. The summed E-state index contributed by atoms with van der Waals surface area (Å²) in [6.45, 7) is 0. The van der Waals surface area contributed by atoms with Crippen molar-refractivity contribution in [2.75, 3.05) is 21.3 Å². The molecule has 0 spiro atoms. The van der Waals surface area contributed by atoms with E-state index in [-0.39, 0.29) is 162 Å². The summed E-state index contributed by atoms with van der Waals surface area (Å²) in [5.41, 5.74) is -0.704. The summed E-state index contributed by atoms with van der Waals surface area (Å²) in [5.74, 6) is -1.79. The van der Waals surface area contributed by atoms with Gasteiger partial charge >= 0.3 is 124 Å². The fraction of sp³-hybridized carbons (Fsp3) is 0. The summed E-state index contributed by atoms with van der Waals surface area (Å²) in [5, 5.41) is 9.15. The van der Waals surface area contributed by atoms with E-state index < -0.39 is 89.3 Å². The Morgan fingerprint density at radius 3 is 0.919 bits per heavy atom. The molecule has 62 heavy (non-hydrogen) atoms. The number of hydrogen-bond donors (Lipinski definition) is 8. The van der Waals surface area contributed by atoms with Crippen LogP contribution in [0.3, 0.4) is 0 Å². The van der Waals surface area contributed by atoms with E-state index in [0.29, 0.717) is 12.1 Å². The van der Waals surface area contributed by atoms with Gasteiger partial charge < -0.3 is 21.3 Å². The Kier molecular flexibility index (Phi) is 19.6. The Balaban J connectivity index is 0.00000331. The Morgan fingerprint density at radius 2 is 0.645 bits per heavy atom. The second kappa shape index (κ2) is 21.8. The minimum atomic E-state index is -5.14. The van der Waals surface area contributed by atoms with E-state index in [1.165, 1.54) is 97.1 Å². The van der Waals surface area contributed by atoms with E-state index >= 15 is 0 Å². The van der Waals surface area contributed by atoms with Crippen LogP contribution >= 0.6 is 0 Å². The minimum absolute atomic E-state index is 0. The zero-order chi connectivity index (χ0) is 42.4. The summed E-state index contributed by atoms with van der Waals surface area (Å²) >= 11 is 0. The Hall–Kier alpha value is -2.31. The molecule has 0 unspecified atom stereocenters. The van der Waals surface area contributed by atoms with Gasteiger partial charge in [0.2, 0.25) is 0 Å². The molecule has 0 radical (unpaired) electrons. The molecular formula is C35H30N4Na4O15S4. The van der Waals surface area contributed by atoms with Gasteiger partial charge in [-0.15, -0.1) is 0 Å². The number of urea groups is 1. The van der Waals surface area contributed by atoms with Gasteiger partial charge in [0.05, 0.1) is 11.4 Å². The molecule has 0 fully saturated rings. The summed E-state index contributed by atoms with van der Waals surface area (Å²) in [7, 11) is -20.2. The van der Waals surface area contributed by atoms with Gasteiger partial charge in [0.15, 0.2) is 0 Å². The monoisotopic (exact) mass is 966 g/mol. The van der Waals surface area contributed by atoms with Gasteiger partial charge in [-0.05, 0) is 60.7 Å². The number of hydrogen-bond acceptors (Lipinski definition) is 11. The van der Waals surface area contributed by atoms with E-state index in [9.17, 15) is 66.3 Å². The van der Waals surface area contributed by atoms with Crippen LogP contribution in [0.15, 0.2) is 129 Å². The van der Waals surface area contributed by atoms with Gasteiger partial charge in [-0.3, -0.25) is 27.8 Å². The van der Waals surface area contributed by atoms with Crippen molar-refractivity contribution in [3.8, 4) is 0 Å². The third-order valence-corrected chi connectivity index (χ3v) is 11.9. The van der Waals surface area contributed by atoms with Crippen molar-refractivity contribution in [1.82, 2.24) is 0 Å². The Bertz CT molecular complexity index is 2970. The van der Waals surface area contributed by atoms with Gasteiger partial charge in [-0.25, -0.2) is 4.79 Å². The topological polar surface area (TPSA) is 317 Å². The van der Waals surface area contributed by atoms with Gasteiger partial charge in [0, 0.05) is 44.0 Å². The molecule has 0 heterocycles. The van der Waals surface area contributed by atoms with Gasteiger partial charge in [-0.1, -0.05) is 48.5 Å². The maximum atomic E-state index is 13.2. The summed E-state index contributed by atoms with van der Waals surface area (Å²) in [6, 6.07) is 21.2. The average Bonchev–Trinajstić information content (AvgIpc) is 3.13. The molecular weight excluding hydrogens is 937 g/mol. The first-order valence-electron chi connectivity index (χ1n) is 15.9. The van der Waals surface area contributed by atoms with Crippen LogP contribution < -0.4 is 21.3 Å². The van der Waals surface area contributed by atoms with Crippen molar-refractivity contribution in [3.05, 3.63) is 120 Å². The third-order valence-electron chi connectivity index (χ3n) is 8.34. The number of carbonyl (C=O) groups is 3. The van der Waals surface area contributed by atoms with Crippen molar-refractivity contribution in [3.63, 3.8) is 0 Å². The van der Waals surface area contributed by atoms with E-state index in [1.807, 2.05) is 0 Å².